The Bertz CT molecular complexity index is 613. The summed E-state index contributed by atoms with van der Waals surface area (Å²) in [7, 11) is 1.57. The van der Waals surface area contributed by atoms with E-state index >= 15 is 0 Å². The van der Waals surface area contributed by atoms with Crippen LogP contribution in [0, 0.1) is 5.82 Å². The second kappa shape index (κ2) is 6.04. The van der Waals surface area contributed by atoms with E-state index in [1.807, 2.05) is 6.92 Å². The first kappa shape index (κ1) is 13.8. The number of carbonyl (C=O) groups excluding carboxylic acids is 1. The average Bonchev–Trinajstić information content (AvgIpc) is 2.82. The molecule has 0 aromatic carbocycles. The van der Waals surface area contributed by atoms with Crippen LogP contribution >= 0.6 is 0 Å². The van der Waals surface area contributed by atoms with Crippen LogP contribution in [0.15, 0.2) is 12.3 Å². The number of anilines is 2. The number of nitrogens with zero attached hydrogens (tertiary/aromatic N) is 5. The van der Waals surface area contributed by atoms with E-state index < -0.39 is 11.7 Å². The van der Waals surface area contributed by atoms with Gasteiger partial charge in [-0.1, -0.05) is 12.0 Å². The Balaban J connectivity index is 2.21. The Morgan fingerprint density at radius 1 is 1.50 bits per heavy atom. The second-order valence-corrected chi connectivity index (χ2v) is 4.03. The van der Waals surface area contributed by atoms with Gasteiger partial charge in [0.1, 0.15) is 11.6 Å². The summed E-state index contributed by atoms with van der Waals surface area (Å²) in [5.41, 5.74) is 0.0888. The average molecular weight is 279 g/mol. The van der Waals surface area contributed by atoms with Crippen molar-refractivity contribution >= 4 is 17.7 Å². The molecule has 2 N–H and O–H groups in total. The van der Waals surface area contributed by atoms with Crippen molar-refractivity contribution in [3.05, 3.63) is 23.6 Å². The van der Waals surface area contributed by atoms with Crippen LogP contribution in [-0.4, -0.2) is 37.6 Å². The summed E-state index contributed by atoms with van der Waals surface area (Å²) in [5.74, 6) is -0.786. The van der Waals surface area contributed by atoms with Crippen LogP contribution in [0.25, 0.3) is 0 Å². The van der Waals surface area contributed by atoms with E-state index in [4.69, 9.17) is 0 Å². The van der Waals surface area contributed by atoms with E-state index in [-0.39, 0.29) is 11.5 Å². The lowest BCUT2D eigenvalue weighted by Crippen LogP contribution is -2.17. The van der Waals surface area contributed by atoms with Crippen molar-refractivity contribution in [1.82, 2.24) is 25.2 Å². The lowest BCUT2D eigenvalue weighted by atomic mass is 10.2. The van der Waals surface area contributed by atoms with Gasteiger partial charge < -0.3 is 5.32 Å². The minimum Gasteiger partial charge on any atom is -0.369 e. The number of rotatable bonds is 5. The highest BCUT2D eigenvalue weighted by Gasteiger charge is 2.16. The number of nitrogens with one attached hydrogen (secondary N) is 2. The monoisotopic (exact) mass is 279 g/mol. The zero-order chi connectivity index (χ0) is 14.5. The molecule has 0 spiro atoms. The van der Waals surface area contributed by atoms with Gasteiger partial charge in [0.2, 0.25) is 0 Å². The molecule has 2 rings (SSSR count). The number of halogens is 1. The van der Waals surface area contributed by atoms with Crippen LogP contribution in [0.3, 0.4) is 0 Å². The highest BCUT2D eigenvalue weighted by atomic mass is 19.1. The highest BCUT2D eigenvalue weighted by Crippen LogP contribution is 2.15. The second-order valence-electron chi connectivity index (χ2n) is 4.03. The van der Waals surface area contributed by atoms with Gasteiger partial charge in [0.15, 0.2) is 0 Å². The predicted octanol–water partition coefficient (Wildman–Crippen LogP) is 0.818. The molecule has 0 fully saturated rings. The lowest BCUT2D eigenvalue weighted by Gasteiger charge is -2.09. The van der Waals surface area contributed by atoms with Gasteiger partial charge in [0.05, 0.1) is 18.8 Å². The van der Waals surface area contributed by atoms with Gasteiger partial charge in [-0.15, -0.1) is 5.10 Å². The molecular formula is C11H14FN7O. The standard InChI is InChI=1S/C11H14FN7O/c1-3-4-13-9-8(5-7(12)6-14-9)10(20)15-11-16-18-19(2)17-11/h5-6H,3-4H2,1-2H3,(H,13,14)(H,15,17,20). The quantitative estimate of drug-likeness (QED) is 0.841. The lowest BCUT2D eigenvalue weighted by molar-refractivity contribution is 0.102. The molecule has 20 heavy (non-hydrogen) atoms. The highest BCUT2D eigenvalue weighted by molar-refractivity contribution is 6.06. The zero-order valence-electron chi connectivity index (χ0n) is 11.1. The van der Waals surface area contributed by atoms with Crippen molar-refractivity contribution in [2.75, 3.05) is 17.2 Å². The minimum atomic E-state index is -0.593. The van der Waals surface area contributed by atoms with Crippen molar-refractivity contribution in [2.24, 2.45) is 7.05 Å². The van der Waals surface area contributed by atoms with E-state index in [1.54, 1.807) is 7.05 Å². The molecule has 0 saturated heterocycles. The van der Waals surface area contributed by atoms with Gasteiger partial charge in [-0.05, 0) is 17.7 Å². The zero-order valence-corrected chi connectivity index (χ0v) is 11.1. The fraction of sp³-hybridized carbons (Fsp3) is 0.364. The van der Waals surface area contributed by atoms with E-state index in [2.05, 4.69) is 31.0 Å². The maximum absolute atomic E-state index is 13.3. The SMILES string of the molecule is CCCNc1ncc(F)cc1C(=O)Nc1nnn(C)n1. The Hall–Kier alpha value is -2.58. The summed E-state index contributed by atoms with van der Waals surface area (Å²) in [6.07, 6.45) is 1.90. The normalized spacial score (nSPS) is 10.3. The minimum absolute atomic E-state index is 0.0446. The summed E-state index contributed by atoms with van der Waals surface area (Å²) in [6.45, 7) is 2.60. The van der Waals surface area contributed by atoms with Gasteiger partial charge in [-0.2, -0.15) is 4.80 Å². The summed E-state index contributed by atoms with van der Waals surface area (Å²) in [5, 5.41) is 16.4. The molecule has 9 heteroatoms. The fourth-order valence-electron chi connectivity index (χ4n) is 1.50. The largest absolute Gasteiger partial charge is 0.369 e. The van der Waals surface area contributed by atoms with Crippen LogP contribution in [0.1, 0.15) is 23.7 Å². The van der Waals surface area contributed by atoms with Crippen molar-refractivity contribution < 1.29 is 9.18 Å². The van der Waals surface area contributed by atoms with E-state index in [1.165, 1.54) is 4.80 Å². The smallest absolute Gasteiger partial charge is 0.270 e. The number of tetrazole rings is 1. The maximum atomic E-state index is 13.3. The molecule has 106 valence electrons. The Morgan fingerprint density at radius 3 is 2.95 bits per heavy atom. The molecule has 0 aliphatic rings. The summed E-state index contributed by atoms with van der Waals surface area (Å²) in [4.78, 5) is 17.2. The number of hydrogen-bond acceptors (Lipinski definition) is 6. The molecule has 0 unspecified atom stereocenters. The van der Waals surface area contributed by atoms with E-state index in [0.29, 0.717) is 12.4 Å². The van der Waals surface area contributed by atoms with Crippen LogP contribution in [0.4, 0.5) is 16.2 Å². The third kappa shape index (κ3) is 3.25. The van der Waals surface area contributed by atoms with Crippen LogP contribution in [-0.2, 0) is 7.05 Å². The molecule has 0 aliphatic carbocycles. The van der Waals surface area contributed by atoms with Crippen molar-refractivity contribution in [3.63, 3.8) is 0 Å². The number of carbonyl (C=O) groups is 1. The van der Waals surface area contributed by atoms with Gasteiger partial charge in [-0.3, -0.25) is 10.1 Å². The molecular weight excluding hydrogens is 265 g/mol. The van der Waals surface area contributed by atoms with Gasteiger partial charge in [0, 0.05) is 6.54 Å². The molecule has 0 atom stereocenters. The number of aromatic nitrogens is 5. The molecule has 2 heterocycles. The van der Waals surface area contributed by atoms with Crippen molar-refractivity contribution in [1.29, 1.82) is 0 Å². The molecule has 0 aliphatic heterocycles. The molecule has 0 saturated carbocycles. The first-order valence-electron chi connectivity index (χ1n) is 6.05. The molecule has 1 amide bonds. The number of aryl methyl sites for hydroxylation is 1. The number of hydrogen-bond donors (Lipinski definition) is 2. The van der Waals surface area contributed by atoms with Crippen LogP contribution in [0.5, 0.6) is 0 Å². The number of amides is 1. The topological polar surface area (TPSA) is 97.6 Å². The van der Waals surface area contributed by atoms with Crippen LogP contribution < -0.4 is 10.6 Å². The molecule has 0 bridgehead atoms. The third-order valence-electron chi connectivity index (χ3n) is 2.38. The van der Waals surface area contributed by atoms with Gasteiger partial charge >= 0.3 is 0 Å². The Labute approximate surface area is 114 Å². The maximum Gasteiger partial charge on any atom is 0.270 e. The van der Waals surface area contributed by atoms with E-state index in [0.717, 1.165) is 18.7 Å². The van der Waals surface area contributed by atoms with Crippen LogP contribution in [0.2, 0.25) is 0 Å². The molecule has 2 aromatic heterocycles. The first-order valence-corrected chi connectivity index (χ1v) is 6.05. The Morgan fingerprint density at radius 2 is 2.30 bits per heavy atom. The van der Waals surface area contributed by atoms with E-state index in [9.17, 15) is 9.18 Å². The fourth-order valence-corrected chi connectivity index (χ4v) is 1.50. The van der Waals surface area contributed by atoms with Gasteiger partial charge in [0.25, 0.3) is 11.9 Å². The summed E-state index contributed by atoms with van der Waals surface area (Å²) in [6, 6.07) is 1.11. The predicted molar refractivity (Wildman–Crippen MR) is 69.7 cm³/mol. The summed E-state index contributed by atoms with van der Waals surface area (Å²) >= 11 is 0. The molecule has 8 nitrogen and oxygen atoms in total. The molecule has 0 radical (unpaired) electrons. The Kier molecular flexibility index (Phi) is 4.18. The summed E-state index contributed by atoms with van der Waals surface area (Å²) < 4.78 is 13.3. The third-order valence-corrected chi connectivity index (χ3v) is 2.38. The van der Waals surface area contributed by atoms with Crippen molar-refractivity contribution in [3.8, 4) is 0 Å². The first-order chi connectivity index (χ1) is 9.60. The van der Waals surface area contributed by atoms with Crippen molar-refractivity contribution in [2.45, 2.75) is 13.3 Å². The number of pyridine rings is 1. The van der Waals surface area contributed by atoms with Gasteiger partial charge in [-0.25, -0.2) is 9.37 Å². The molecule has 2 aromatic rings.